The number of hydrogen-bond acceptors (Lipinski definition) is 3. The molecule has 0 bridgehead atoms. The first-order chi connectivity index (χ1) is 10.9. The molecule has 5 heteroatoms. The molecule has 23 heavy (non-hydrogen) atoms. The van der Waals surface area contributed by atoms with Crippen LogP contribution < -0.4 is 5.32 Å². The third kappa shape index (κ3) is 4.93. The maximum atomic E-state index is 12.1. The van der Waals surface area contributed by atoms with Gasteiger partial charge in [-0.1, -0.05) is 42.5 Å². The Bertz CT molecular complexity index is 753. The molecule has 0 radical (unpaired) electrons. The van der Waals surface area contributed by atoms with E-state index in [1.54, 1.807) is 24.3 Å². The topological polar surface area (TPSA) is 63.2 Å². The van der Waals surface area contributed by atoms with Crippen molar-refractivity contribution >= 4 is 15.7 Å². The molecule has 0 aliphatic heterocycles. The predicted molar refractivity (Wildman–Crippen MR) is 91.1 cm³/mol. The fourth-order valence-electron chi connectivity index (χ4n) is 2.28. The lowest BCUT2D eigenvalue weighted by atomic mass is 10.0. The second-order valence-electron chi connectivity index (χ2n) is 5.59. The largest absolute Gasteiger partial charge is 0.355 e. The van der Waals surface area contributed by atoms with Gasteiger partial charge in [-0.3, -0.25) is 4.79 Å². The molecule has 2 aromatic rings. The van der Waals surface area contributed by atoms with E-state index in [1.807, 2.05) is 37.3 Å². The van der Waals surface area contributed by atoms with Crippen molar-refractivity contribution in [3.8, 4) is 0 Å². The lowest BCUT2D eigenvalue weighted by Gasteiger charge is -2.12. The molecule has 2 rings (SSSR count). The maximum absolute atomic E-state index is 12.1. The van der Waals surface area contributed by atoms with Crippen LogP contribution in [-0.4, -0.2) is 27.1 Å². The molecule has 1 N–H and O–H groups in total. The van der Waals surface area contributed by atoms with Crippen molar-refractivity contribution in [1.82, 2.24) is 5.32 Å². The van der Waals surface area contributed by atoms with Crippen molar-refractivity contribution in [3.05, 3.63) is 65.7 Å². The van der Waals surface area contributed by atoms with Gasteiger partial charge in [-0.25, -0.2) is 8.42 Å². The Hall–Kier alpha value is -2.14. The van der Waals surface area contributed by atoms with Crippen LogP contribution in [0.25, 0.3) is 0 Å². The molecular formula is C18H21NO3S. The van der Waals surface area contributed by atoms with Gasteiger partial charge in [0.25, 0.3) is 0 Å². The van der Waals surface area contributed by atoms with Gasteiger partial charge in [0.05, 0.1) is 10.8 Å². The lowest BCUT2D eigenvalue weighted by molar-refractivity contribution is -0.122. The summed E-state index contributed by atoms with van der Waals surface area (Å²) in [5.74, 6) is -0.201. The molecule has 0 fully saturated rings. The fraction of sp³-hybridized carbons (Fsp3) is 0.278. The van der Waals surface area contributed by atoms with Crippen LogP contribution in [0.3, 0.4) is 0 Å². The molecule has 1 atom stereocenters. The zero-order chi connectivity index (χ0) is 16.9. The Morgan fingerprint density at radius 2 is 1.65 bits per heavy atom. The number of amides is 1. The molecule has 0 heterocycles. The zero-order valence-electron chi connectivity index (χ0n) is 13.3. The highest BCUT2D eigenvalue weighted by molar-refractivity contribution is 7.90. The van der Waals surface area contributed by atoms with Gasteiger partial charge in [0.2, 0.25) is 5.91 Å². The summed E-state index contributed by atoms with van der Waals surface area (Å²) in [6, 6.07) is 16.4. The number of rotatable bonds is 6. The zero-order valence-corrected chi connectivity index (χ0v) is 14.1. The predicted octanol–water partition coefficient (Wildman–Crippen LogP) is 2.55. The van der Waals surface area contributed by atoms with Crippen LogP contribution in [0.5, 0.6) is 0 Å². The number of benzene rings is 2. The standard InChI is InChI=1S/C18H21NO3S/c1-14(16-6-4-3-5-7-16)18(20)19-13-12-15-8-10-17(11-9-15)23(2,21)22/h3-11,14H,12-13H2,1-2H3,(H,19,20). The average molecular weight is 331 g/mol. The van der Waals surface area contributed by atoms with E-state index < -0.39 is 9.84 Å². The van der Waals surface area contributed by atoms with Crippen LogP contribution in [0.1, 0.15) is 24.0 Å². The van der Waals surface area contributed by atoms with Gasteiger partial charge in [-0.2, -0.15) is 0 Å². The van der Waals surface area contributed by atoms with Crippen molar-refractivity contribution in [3.63, 3.8) is 0 Å². The number of sulfone groups is 1. The molecule has 0 aromatic heterocycles. The van der Waals surface area contributed by atoms with Crippen LogP contribution in [0.2, 0.25) is 0 Å². The summed E-state index contributed by atoms with van der Waals surface area (Å²) in [6.07, 6.45) is 1.85. The average Bonchev–Trinajstić information content (AvgIpc) is 2.54. The normalized spacial score (nSPS) is 12.6. The molecule has 0 aliphatic carbocycles. The monoisotopic (exact) mass is 331 g/mol. The van der Waals surface area contributed by atoms with E-state index in [4.69, 9.17) is 0 Å². The maximum Gasteiger partial charge on any atom is 0.227 e. The first-order valence-electron chi connectivity index (χ1n) is 7.49. The molecule has 1 unspecified atom stereocenters. The quantitative estimate of drug-likeness (QED) is 0.885. The highest BCUT2D eigenvalue weighted by Gasteiger charge is 2.14. The second-order valence-corrected chi connectivity index (χ2v) is 7.61. The summed E-state index contributed by atoms with van der Waals surface area (Å²) in [7, 11) is -3.17. The molecule has 1 amide bonds. The van der Waals surface area contributed by atoms with E-state index in [0.29, 0.717) is 17.9 Å². The number of hydrogen-bond donors (Lipinski definition) is 1. The van der Waals surface area contributed by atoms with E-state index in [1.165, 1.54) is 6.26 Å². The SMILES string of the molecule is CC(C(=O)NCCc1ccc(S(C)(=O)=O)cc1)c1ccccc1. The van der Waals surface area contributed by atoms with E-state index in [9.17, 15) is 13.2 Å². The summed E-state index contributed by atoms with van der Waals surface area (Å²) >= 11 is 0. The number of carbonyl (C=O) groups is 1. The Kier molecular flexibility index (Phi) is 5.55. The van der Waals surface area contributed by atoms with Crippen molar-refractivity contribution in [2.75, 3.05) is 12.8 Å². The Labute approximate surface area is 137 Å². The van der Waals surface area contributed by atoms with Gasteiger partial charge in [0.15, 0.2) is 9.84 Å². The highest BCUT2D eigenvalue weighted by Crippen LogP contribution is 2.14. The lowest BCUT2D eigenvalue weighted by Crippen LogP contribution is -2.29. The summed E-state index contributed by atoms with van der Waals surface area (Å²) in [6.45, 7) is 2.40. The van der Waals surface area contributed by atoms with E-state index in [-0.39, 0.29) is 11.8 Å². The van der Waals surface area contributed by atoms with Gasteiger partial charge < -0.3 is 5.32 Å². The van der Waals surface area contributed by atoms with Gasteiger partial charge in [-0.05, 0) is 36.6 Å². The summed E-state index contributed by atoms with van der Waals surface area (Å²) in [4.78, 5) is 12.4. The van der Waals surface area contributed by atoms with Crippen LogP contribution in [0.4, 0.5) is 0 Å². The van der Waals surface area contributed by atoms with Crippen molar-refractivity contribution in [1.29, 1.82) is 0 Å². The number of carbonyl (C=O) groups excluding carboxylic acids is 1. The third-order valence-corrected chi connectivity index (χ3v) is 4.89. The summed E-state index contributed by atoms with van der Waals surface area (Å²) < 4.78 is 22.8. The fourth-order valence-corrected chi connectivity index (χ4v) is 2.91. The minimum Gasteiger partial charge on any atom is -0.355 e. The minimum atomic E-state index is -3.17. The van der Waals surface area contributed by atoms with Crippen LogP contribution in [-0.2, 0) is 21.1 Å². The molecule has 0 aliphatic rings. The smallest absolute Gasteiger partial charge is 0.227 e. The van der Waals surface area contributed by atoms with Crippen LogP contribution in [0.15, 0.2) is 59.5 Å². The van der Waals surface area contributed by atoms with Gasteiger partial charge in [-0.15, -0.1) is 0 Å². The van der Waals surface area contributed by atoms with Gasteiger partial charge in [0, 0.05) is 12.8 Å². The van der Waals surface area contributed by atoms with Gasteiger partial charge in [0.1, 0.15) is 0 Å². The minimum absolute atomic E-state index is 0.0102. The Morgan fingerprint density at radius 1 is 1.04 bits per heavy atom. The van der Waals surface area contributed by atoms with Crippen LogP contribution in [0, 0.1) is 0 Å². The third-order valence-electron chi connectivity index (χ3n) is 3.76. The molecule has 4 nitrogen and oxygen atoms in total. The van der Waals surface area contributed by atoms with Crippen LogP contribution >= 0.6 is 0 Å². The van der Waals surface area contributed by atoms with E-state index in [0.717, 1.165) is 11.1 Å². The molecule has 0 saturated heterocycles. The van der Waals surface area contributed by atoms with Crippen molar-refractivity contribution in [2.24, 2.45) is 0 Å². The molecule has 2 aromatic carbocycles. The summed E-state index contributed by atoms with van der Waals surface area (Å²) in [5, 5.41) is 2.92. The summed E-state index contributed by atoms with van der Waals surface area (Å²) in [5.41, 5.74) is 1.98. The molecule has 122 valence electrons. The first kappa shape index (κ1) is 17.2. The second kappa shape index (κ2) is 7.42. The van der Waals surface area contributed by atoms with Crippen molar-refractivity contribution in [2.45, 2.75) is 24.2 Å². The molecular weight excluding hydrogens is 310 g/mol. The van der Waals surface area contributed by atoms with Crippen molar-refractivity contribution < 1.29 is 13.2 Å². The van der Waals surface area contributed by atoms with Gasteiger partial charge >= 0.3 is 0 Å². The van der Waals surface area contributed by atoms with E-state index >= 15 is 0 Å². The highest BCUT2D eigenvalue weighted by atomic mass is 32.2. The van der Waals surface area contributed by atoms with E-state index in [2.05, 4.69) is 5.32 Å². The molecule has 0 saturated carbocycles. The number of nitrogens with one attached hydrogen (secondary N) is 1. The Morgan fingerprint density at radius 3 is 2.22 bits per heavy atom. The molecule has 0 spiro atoms. The first-order valence-corrected chi connectivity index (χ1v) is 9.39. The Balaban J connectivity index is 1.86.